The van der Waals surface area contributed by atoms with E-state index in [2.05, 4.69) is 13.2 Å². The molecule has 0 spiro atoms. The molecule has 0 unspecified atom stereocenters. The number of carbonyl (C=O) groups excluding carboxylic acids is 2. The fraction of sp³-hybridized carbons (Fsp3) is 0.481. The molecule has 1 aliphatic carbocycles. The van der Waals surface area contributed by atoms with Gasteiger partial charge in [-0.25, -0.2) is 9.59 Å². The van der Waals surface area contributed by atoms with Crippen molar-refractivity contribution in [3.8, 4) is 0 Å². The van der Waals surface area contributed by atoms with E-state index < -0.39 is 37.2 Å². The minimum Gasteiger partial charge on any atom is -0.461 e. The number of aliphatic hydroxyl groups excluding tert-OH is 2. The number of aliphatic hydroxyl groups is 2. The Morgan fingerprint density at radius 1 is 0.943 bits per heavy atom. The molecule has 0 aliphatic heterocycles. The molecule has 2 rings (SSSR count). The molecule has 0 saturated heterocycles. The first-order chi connectivity index (χ1) is 16.7. The van der Waals surface area contributed by atoms with Crippen LogP contribution in [0.2, 0.25) is 0 Å². The van der Waals surface area contributed by atoms with E-state index in [4.69, 9.17) is 19.7 Å². The van der Waals surface area contributed by atoms with Gasteiger partial charge in [-0.1, -0.05) is 37.4 Å². The summed E-state index contributed by atoms with van der Waals surface area (Å²) in [6, 6.07) is 7.84. The van der Waals surface area contributed by atoms with Crippen LogP contribution in [0.5, 0.6) is 0 Å². The van der Waals surface area contributed by atoms with Gasteiger partial charge in [0, 0.05) is 0 Å². The highest BCUT2D eigenvalue weighted by atomic mass is 19.3. The fourth-order valence-corrected chi connectivity index (χ4v) is 4.18. The first kappa shape index (κ1) is 28.4. The Labute approximate surface area is 204 Å². The number of carbonyl (C=O) groups is 2. The van der Waals surface area contributed by atoms with Gasteiger partial charge in [0.25, 0.3) is 6.08 Å². The SMILES string of the molecule is C=C(CO)C(=O)OCC(COC(=O)C(=C)CO)c1ccc(C2CCC(CCC=C(F)F)CC2)cc1. The van der Waals surface area contributed by atoms with Crippen LogP contribution in [0.3, 0.4) is 0 Å². The van der Waals surface area contributed by atoms with Crippen molar-refractivity contribution in [2.45, 2.75) is 50.4 Å². The number of halogens is 2. The van der Waals surface area contributed by atoms with Crippen LogP contribution in [0, 0.1) is 5.92 Å². The van der Waals surface area contributed by atoms with Crippen LogP contribution in [-0.2, 0) is 19.1 Å². The molecule has 0 bridgehead atoms. The van der Waals surface area contributed by atoms with Gasteiger partial charge in [0.15, 0.2) is 0 Å². The molecule has 0 radical (unpaired) electrons. The van der Waals surface area contributed by atoms with E-state index in [1.54, 1.807) is 0 Å². The summed E-state index contributed by atoms with van der Waals surface area (Å²) in [6.45, 7) is 5.67. The maximum Gasteiger partial charge on any atom is 0.335 e. The zero-order valence-corrected chi connectivity index (χ0v) is 19.9. The van der Waals surface area contributed by atoms with Crippen LogP contribution < -0.4 is 0 Å². The maximum absolute atomic E-state index is 12.2. The Morgan fingerprint density at radius 2 is 1.46 bits per heavy atom. The summed E-state index contributed by atoms with van der Waals surface area (Å²) in [4.78, 5) is 23.8. The molecule has 0 heterocycles. The Kier molecular flexibility index (Phi) is 11.8. The van der Waals surface area contributed by atoms with Gasteiger partial charge in [-0.15, -0.1) is 0 Å². The van der Waals surface area contributed by atoms with E-state index in [1.165, 1.54) is 5.56 Å². The third-order valence-corrected chi connectivity index (χ3v) is 6.39. The van der Waals surface area contributed by atoms with Gasteiger partial charge < -0.3 is 19.7 Å². The quantitative estimate of drug-likeness (QED) is 0.304. The summed E-state index contributed by atoms with van der Waals surface area (Å²) in [6.07, 6.45) is 4.59. The molecule has 1 aromatic carbocycles. The van der Waals surface area contributed by atoms with E-state index in [-0.39, 0.29) is 24.4 Å². The van der Waals surface area contributed by atoms with Crippen LogP contribution in [0.4, 0.5) is 8.78 Å². The summed E-state index contributed by atoms with van der Waals surface area (Å²) in [5.41, 5.74) is 1.82. The molecule has 1 saturated carbocycles. The van der Waals surface area contributed by atoms with Crippen molar-refractivity contribution in [2.24, 2.45) is 5.92 Å². The lowest BCUT2D eigenvalue weighted by Gasteiger charge is -2.29. The average Bonchev–Trinajstić information content (AvgIpc) is 2.87. The molecule has 35 heavy (non-hydrogen) atoms. The average molecular weight is 493 g/mol. The van der Waals surface area contributed by atoms with Crippen molar-refractivity contribution in [2.75, 3.05) is 26.4 Å². The van der Waals surface area contributed by atoms with Gasteiger partial charge in [0.05, 0.1) is 30.3 Å². The molecular formula is C27H34F2O6. The normalized spacial score (nSPS) is 17.5. The van der Waals surface area contributed by atoms with E-state index in [9.17, 15) is 18.4 Å². The standard InChI is InChI=1S/C27H34F2O6/c1-18(14-30)26(32)34-16-24(17-35-27(33)19(2)15-31)23-12-10-22(11-13-23)21-8-6-20(7-9-21)4-3-5-25(28)29/h5,10-13,20-21,24,30-31H,1-4,6-9,14-17H2. The largest absolute Gasteiger partial charge is 0.461 e. The zero-order valence-electron chi connectivity index (χ0n) is 19.9. The van der Waals surface area contributed by atoms with E-state index in [0.29, 0.717) is 18.3 Å². The third kappa shape index (κ3) is 9.38. The molecule has 2 N–H and O–H groups in total. The summed E-state index contributed by atoms with van der Waals surface area (Å²) >= 11 is 0. The van der Waals surface area contributed by atoms with Gasteiger partial charge in [-0.2, -0.15) is 8.78 Å². The Morgan fingerprint density at radius 3 is 1.91 bits per heavy atom. The minimum absolute atomic E-state index is 0.0776. The lowest BCUT2D eigenvalue weighted by atomic mass is 9.77. The van der Waals surface area contributed by atoms with Gasteiger partial charge >= 0.3 is 11.9 Å². The predicted molar refractivity (Wildman–Crippen MR) is 128 cm³/mol. The lowest BCUT2D eigenvalue weighted by Crippen LogP contribution is -2.21. The Hall–Kier alpha value is -2.84. The number of hydrogen-bond acceptors (Lipinski definition) is 6. The van der Waals surface area contributed by atoms with Crippen LogP contribution >= 0.6 is 0 Å². The molecule has 1 aliphatic rings. The van der Waals surface area contributed by atoms with Crippen molar-refractivity contribution in [1.29, 1.82) is 0 Å². The van der Waals surface area contributed by atoms with E-state index in [0.717, 1.165) is 43.7 Å². The fourth-order valence-electron chi connectivity index (χ4n) is 4.18. The van der Waals surface area contributed by atoms with Crippen molar-refractivity contribution in [3.63, 3.8) is 0 Å². The second kappa shape index (κ2) is 14.5. The highest BCUT2D eigenvalue weighted by molar-refractivity contribution is 5.88. The summed E-state index contributed by atoms with van der Waals surface area (Å²) in [5, 5.41) is 18.1. The van der Waals surface area contributed by atoms with E-state index >= 15 is 0 Å². The molecule has 6 nitrogen and oxygen atoms in total. The van der Waals surface area contributed by atoms with Crippen molar-refractivity contribution < 1.29 is 38.1 Å². The molecular weight excluding hydrogens is 458 g/mol. The second-order valence-electron chi connectivity index (χ2n) is 8.87. The van der Waals surface area contributed by atoms with Crippen LogP contribution in [0.25, 0.3) is 0 Å². The predicted octanol–water partition coefficient (Wildman–Crippen LogP) is 4.79. The van der Waals surface area contributed by atoms with E-state index in [1.807, 2.05) is 24.3 Å². The Balaban J connectivity index is 2.00. The molecule has 0 aromatic heterocycles. The molecule has 192 valence electrons. The summed E-state index contributed by atoms with van der Waals surface area (Å²) in [7, 11) is 0. The smallest absolute Gasteiger partial charge is 0.335 e. The molecule has 0 atom stereocenters. The first-order valence-electron chi connectivity index (χ1n) is 11.8. The van der Waals surface area contributed by atoms with Crippen LogP contribution in [0.1, 0.15) is 61.5 Å². The number of esters is 2. The van der Waals surface area contributed by atoms with Crippen molar-refractivity contribution in [3.05, 3.63) is 71.9 Å². The third-order valence-electron chi connectivity index (χ3n) is 6.39. The number of allylic oxidation sites excluding steroid dienone is 1. The summed E-state index contributed by atoms with van der Waals surface area (Å²) in [5.74, 6) is -1.07. The Bertz CT molecular complexity index is 865. The number of ether oxygens (including phenoxy) is 2. The number of hydrogen-bond donors (Lipinski definition) is 2. The molecule has 1 aromatic rings. The highest BCUT2D eigenvalue weighted by Gasteiger charge is 2.23. The molecule has 1 fully saturated rings. The summed E-state index contributed by atoms with van der Waals surface area (Å²) < 4.78 is 34.9. The lowest BCUT2D eigenvalue weighted by molar-refractivity contribution is -0.142. The molecule has 0 amide bonds. The highest BCUT2D eigenvalue weighted by Crippen LogP contribution is 2.38. The zero-order chi connectivity index (χ0) is 25.8. The van der Waals surface area contributed by atoms with Gasteiger partial charge in [0.2, 0.25) is 0 Å². The van der Waals surface area contributed by atoms with Crippen LogP contribution in [0.15, 0.2) is 60.7 Å². The minimum atomic E-state index is -1.61. The number of rotatable bonds is 13. The van der Waals surface area contributed by atoms with Crippen molar-refractivity contribution >= 4 is 11.9 Å². The topological polar surface area (TPSA) is 93.1 Å². The van der Waals surface area contributed by atoms with Crippen LogP contribution in [-0.4, -0.2) is 48.6 Å². The van der Waals surface area contributed by atoms with Gasteiger partial charge in [-0.05, 0) is 67.6 Å². The second-order valence-corrected chi connectivity index (χ2v) is 8.87. The van der Waals surface area contributed by atoms with Crippen molar-refractivity contribution in [1.82, 2.24) is 0 Å². The molecule has 8 heteroatoms. The number of benzene rings is 1. The maximum atomic E-state index is 12.2. The van der Waals surface area contributed by atoms with Gasteiger partial charge in [-0.3, -0.25) is 0 Å². The van der Waals surface area contributed by atoms with Gasteiger partial charge in [0.1, 0.15) is 13.2 Å². The monoisotopic (exact) mass is 492 g/mol. The first-order valence-corrected chi connectivity index (χ1v) is 11.8.